The number of imidazole rings is 1. The SMILES string of the molecule is CC(Cl)c1nc2ccc(C#N)cc2n1C(C)CC(N)=O. The summed E-state index contributed by atoms with van der Waals surface area (Å²) in [5.41, 5.74) is 7.35. The summed E-state index contributed by atoms with van der Waals surface area (Å²) in [5, 5.41) is 8.71. The summed E-state index contributed by atoms with van der Waals surface area (Å²) in [7, 11) is 0. The monoisotopic (exact) mass is 290 g/mol. The third-order valence-electron chi connectivity index (χ3n) is 3.14. The van der Waals surface area contributed by atoms with Crippen molar-refractivity contribution < 1.29 is 4.79 Å². The maximum Gasteiger partial charge on any atom is 0.219 e. The van der Waals surface area contributed by atoms with E-state index in [9.17, 15) is 4.79 Å². The van der Waals surface area contributed by atoms with Gasteiger partial charge < -0.3 is 10.3 Å². The van der Waals surface area contributed by atoms with Crippen LogP contribution < -0.4 is 5.73 Å². The van der Waals surface area contributed by atoms with Gasteiger partial charge in [-0.25, -0.2) is 4.98 Å². The number of aromatic nitrogens is 2. The molecule has 5 nitrogen and oxygen atoms in total. The molecule has 2 rings (SSSR count). The number of carbonyl (C=O) groups excluding carboxylic acids is 1. The third kappa shape index (κ3) is 2.61. The Hall–Kier alpha value is -2.06. The second kappa shape index (κ2) is 5.51. The summed E-state index contributed by atoms with van der Waals surface area (Å²) in [4.78, 5) is 15.6. The average Bonchev–Trinajstić information content (AvgIpc) is 2.76. The van der Waals surface area contributed by atoms with Gasteiger partial charge in [0.2, 0.25) is 5.91 Å². The fourth-order valence-corrected chi connectivity index (χ4v) is 2.46. The van der Waals surface area contributed by atoms with E-state index in [-0.39, 0.29) is 23.7 Å². The van der Waals surface area contributed by atoms with Crippen LogP contribution in [0.3, 0.4) is 0 Å². The second-order valence-corrected chi connectivity index (χ2v) is 5.45. The molecule has 20 heavy (non-hydrogen) atoms. The van der Waals surface area contributed by atoms with E-state index in [2.05, 4.69) is 11.1 Å². The van der Waals surface area contributed by atoms with Crippen LogP contribution in [0.4, 0.5) is 0 Å². The zero-order valence-electron chi connectivity index (χ0n) is 11.3. The van der Waals surface area contributed by atoms with Crippen molar-refractivity contribution in [3.8, 4) is 6.07 Å². The van der Waals surface area contributed by atoms with Crippen LogP contribution in [0.2, 0.25) is 0 Å². The number of nitrogens with two attached hydrogens (primary N) is 1. The largest absolute Gasteiger partial charge is 0.370 e. The lowest BCUT2D eigenvalue weighted by atomic mass is 10.2. The summed E-state index contributed by atoms with van der Waals surface area (Å²) >= 11 is 6.17. The van der Waals surface area contributed by atoms with Crippen LogP contribution in [0.25, 0.3) is 11.0 Å². The van der Waals surface area contributed by atoms with Gasteiger partial charge in [-0.2, -0.15) is 5.26 Å². The zero-order valence-corrected chi connectivity index (χ0v) is 12.1. The molecule has 1 heterocycles. The number of fused-ring (bicyclic) bond motifs is 1. The van der Waals surface area contributed by atoms with Gasteiger partial charge in [-0.3, -0.25) is 4.79 Å². The Morgan fingerprint density at radius 3 is 2.80 bits per heavy atom. The molecular formula is C14H15ClN4O. The van der Waals surface area contributed by atoms with Gasteiger partial charge in [-0.05, 0) is 32.0 Å². The van der Waals surface area contributed by atoms with Crippen LogP contribution in [0.1, 0.15) is 43.1 Å². The fraction of sp³-hybridized carbons (Fsp3) is 0.357. The average molecular weight is 291 g/mol. The van der Waals surface area contributed by atoms with E-state index in [1.165, 1.54) is 0 Å². The molecule has 1 aromatic carbocycles. The molecule has 104 valence electrons. The number of nitrogens with zero attached hydrogens (tertiary/aromatic N) is 3. The van der Waals surface area contributed by atoms with Crippen molar-refractivity contribution >= 4 is 28.5 Å². The first kappa shape index (κ1) is 14.4. The number of hydrogen-bond acceptors (Lipinski definition) is 3. The van der Waals surface area contributed by atoms with E-state index < -0.39 is 0 Å². The van der Waals surface area contributed by atoms with E-state index in [1.54, 1.807) is 18.2 Å². The first-order valence-corrected chi connectivity index (χ1v) is 6.72. The molecule has 0 radical (unpaired) electrons. The molecule has 0 spiro atoms. The van der Waals surface area contributed by atoms with Crippen LogP contribution in [0, 0.1) is 11.3 Å². The molecule has 0 saturated heterocycles. The van der Waals surface area contributed by atoms with Gasteiger partial charge in [0.25, 0.3) is 0 Å². The second-order valence-electron chi connectivity index (χ2n) is 4.79. The number of rotatable bonds is 4. The molecule has 2 unspecified atom stereocenters. The number of benzene rings is 1. The van der Waals surface area contributed by atoms with Gasteiger partial charge in [-0.15, -0.1) is 11.6 Å². The molecule has 0 aliphatic rings. The Kier molecular flexibility index (Phi) is 3.96. The van der Waals surface area contributed by atoms with Crippen molar-refractivity contribution in [1.29, 1.82) is 5.26 Å². The maximum absolute atomic E-state index is 11.1. The molecule has 0 bridgehead atoms. The third-order valence-corrected chi connectivity index (χ3v) is 3.33. The molecule has 1 amide bonds. The summed E-state index contributed by atoms with van der Waals surface area (Å²) in [6.45, 7) is 3.70. The Bertz CT molecular complexity index is 699. The number of alkyl halides is 1. The fourth-order valence-electron chi connectivity index (χ4n) is 2.31. The normalized spacial score (nSPS) is 13.9. The lowest BCUT2D eigenvalue weighted by Crippen LogP contribution is -2.19. The molecule has 0 aliphatic heterocycles. The Morgan fingerprint density at radius 1 is 1.55 bits per heavy atom. The summed E-state index contributed by atoms with van der Waals surface area (Å²) in [5.74, 6) is 0.287. The standard InChI is InChI=1S/C14H15ClN4O/c1-8(5-13(17)20)19-12-6-10(7-16)3-4-11(12)18-14(19)9(2)15/h3-4,6,8-9H,5H2,1-2H3,(H2,17,20). The van der Waals surface area contributed by atoms with Crippen molar-refractivity contribution in [2.24, 2.45) is 5.73 Å². The van der Waals surface area contributed by atoms with Gasteiger partial charge in [-0.1, -0.05) is 0 Å². The molecule has 6 heteroatoms. The molecule has 0 fully saturated rings. The lowest BCUT2D eigenvalue weighted by molar-refractivity contribution is -0.118. The Morgan fingerprint density at radius 2 is 2.25 bits per heavy atom. The van der Waals surface area contributed by atoms with Gasteiger partial charge in [0.1, 0.15) is 5.82 Å². The molecule has 0 aliphatic carbocycles. The van der Waals surface area contributed by atoms with Crippen LogP contribution in [0.5, 0.6) is 0 Å². The number of halogens is 1. The van der Waals surface area contributed by atoms with E-state index >= 15 is 0 Å². The van der Waals surface area contributed by atoms with Gasteiger partial charge in [0, 0.05) is 12.5 Å². The first-order chi connectivity index (χ1) is 9.43. The van der Waals surface area contributed by atoms with E-state index in [4.69, 9.17) is 22.6 Å². The minimum atomic E-state index is -0.385. The zero-order chi connectivity index (χ0) is 14.9. The Labute approximate surface area is 122 Å². The number of amides is 1. The molecular weight excluding hydrogens is 276 g/mol. The number of carbonyl (C=O) groups is 1. The van der Waals surface area contributed by atoms with E-state index in [0.29, 0.717) is 11.4 Å². The van der Waals surface area contributed by atoms with E-state index in [0.717, 1.165) is 11.0 Å². The number of nitriles is 1. The first-order valence-electron chi connectivity index (χ1n) is 6.28. The van der Waals surface area contributed by atoms with Crippen molar-refractivity contribution in [2.75, 3.05) is 0 Å². The van der Waals surface area contributed by atoms with Crippen LogP contribution in [-0.4, -0.2) is 15.5 Å². The van der Waals surface area contributed by atoms with Crippen molar-refractivity contribution in [3.63, 3.8) is 0 Å². The highest BCUT2D eigenvalue weighted by Crippen LogP contribution is 2.29. The smallest absolute Gasteiger partial charge is 0.219 e. The van der Waals surface area contributed by atoms with Crippen LogP contribution in [0.15, 0.2) is 18.2 Å². The minimum Gasteiger partial charge on any atom is -0.370 e. The summed E-state index contributed by atoms with van der Waals surface area (Å²) < 4.78 is 1.89. The van der Waals surface area contributed by atoms with Crippen molar-refractivity contribution in [2.45, 2.75) is 31.7 Å². The molecule has 2 atom stereocenters. The predicted molar refractivity (Wildman–Crippen MR) is 77.2 cm³/mol. The highest BCUT2D eigenvalue weighted by atomic mass is 35.5. The lowest BCUT2D eigenvalue weighted by Gasteiger charge is -2.17. The molecule has 0 saturated carbocycles. The minimum absolute atomic E-state index is 0.164. The van der Waals surface area contributed by atoms with Crippen molar-refractivity contribution in [1.82, 2.24) is 9.55 Å². The van der Waals surface area contributed by atoms with Gasteiger partial charge in [0.05, 0.1) is 28.0 Å². The quantitative estimate of drug-likeness (QED) is 0.878. The summed E-state index contributed by atoms with van der Waals surface area (Å²) in [6, 6.07) is 7.18. The number of primary amides is 1. The van der Waals surface area contributed by atoms with E-state index in [1.807, 2.05) is 18.4 Å². The molecule has 1 aromatic heterocycles. The van der Waals surface area contributed by atoms with Crippen molar-refractivity contribution in [3.05, 3.63) is 29.6 Å². The maximum atomic E-state index is 11.1. The topological polar surface area (TPSA) is 84.7 Å². The molecule has 2 aromatic rings. The number of hydrogen-bond donors (Lipinski definition) is 1. The predicted octanol–water partition coefficient (Wildman–Crippen LogP) is 2.64. The van der Waals surface area contributed by atoms with Crippen LogP contribution >= 0.6 is 11.6 Å². The molecule has 2 N–H and O–H groups in total. The summed E-state index contributed by atoms with van der Waals surface area (Å²) in [6.07, 6.45) is 0.193. The van der Waals surface area contributed by atoms with Gasteiger partial charge >= 0.3 is 0 Å². The Balaban J connectivity index is 2.66. The van der Waals surface area contributed by atoms with Crippen LogP contribution in [-0.2, 0) is 4.79 Å². The highest BCUT2D eigenvalue weighted by molar-refractivity contribution is 6.20. The highest BCUT2D eigenvalue weighted by Gasteiger charge is 2.20. The van der Waals surface area contributed by atoms with Gasteiger partial charge in [0.15, 0.2) is 0 Å².